The van der Waals surface area contributed by atoms with Crippen molar-refractivity contribution in [1.29, 1.82) is 0 Å². The van der Waals surface area contributed by atoms with Gasteiger partial charge in [0.05, 0.1) is 12.0 Å². The van der Waals surface area contributed by atoms with Gasteiger partial charge in [0.15, 0.2) is 0 Å². The largest absolute Gasteiger partial charge is 0.497 e. The van der Waals surface area contributed by atoms with Gasteiger partial charge in [0.1, 0.15) is 23.1 Å². The van der Waals surface area contributed by atoms with Crippen LogP contribution in [-0.4, -0.2) is 27.5 Å². The molecule has 4 aromatic carbocycles. The summed E-state index contributed by atoms with van der Waals surface area (Å²) < 4.78 is 45.5. The van der Waals surface area contributed by atoms with Crippen LogP contribution < -0.4 is 19.8 Å². The lowest BCUT2D eigenvalue weighted by molar-refractivity contribution is -0.136. The Labute approximate surface area is 243 Å². The van der Waals surface area contributed by atoms with E-state index in [9.17, 15) is 18.0 Å². The van der Waals surface area contributed by atoms with Crippen molar-refractivity contribution in [3.8, 4) is 22.6 Å². The molecule has 0 amide bonds. The molecule has 0 bridgehead atoms. The van der Waals surface area contributed by atoms with Crippen molar-refractivity contribution in [2.75, 3.05) is 7.11 Å². The number of aryl methyl sites for hydroxylation is 2. The minimum Gasteiger partial charge on any atom is -0.497 e. The first-order chi connectivity index (χ1) is 20.1. The number of sulfonamides is 1. The second kappa shape index (κ2) is 12.0. The predicted octanol–water partition coefficient (Wildman–Crippen LogP) is 5.58. The molecule has 9 heteroatoms. The van der Waals surface area contributed by atoms with Crippen LogP contribution in [0.15, 0.2) is 111 Å². The van der Waals surface area contributed by atoms with Gasteiger partial charge in [0, 0.05) is 17.0 Å². The van der Waals surface area contributed by atoms with Crippen LogP contribution in [0.2, 0.25) is 0 Å². The first-order valence-corrected chi connectivity index (χ1v) is 14.7. The van der Waals surface area contributed by atoms with Crippen LogP contribution in [0, 0.1) is 13.8 Å². The third kappa shape index (κ3) is 6.27. The molecule has 0 saturated heterocycles. The van der Waals surface area contributed by atoms with Gasteiger partial charge in [0.25, 0.3) is 0 Å². The van der Waals surface area contributed by atoms with E-state index in [1.807, 2.05) is 37.3 Å². The van der Waals surface area contributed by atoms with Crippen molar-refractivity contribution in [2.45, 2.75) is 31.2 Å². The number of carbonyl (C=O) groups excluding carboxylic acids is 1. The van der Waals surface area contributed by atoms with E-state index in [0.29, 0.717) is 22.3 Å². The van der Waals surface area contributed by atoms with Gasteiger partial charge in [-0.15, -0.1) is 0 Å². The highest BCUT2D eigenvalue weighted by Crippen LogP contribution is 2.34. The van der Waals surface area contributed by atoms with Crippen molar-refractivity contribution in [1.82, 2.24) is 4.72 Å². The number of hydrogen-bond donors (Lipinski definition) is 1. The molecule has 1 N–H and O–H groups in total. The van der Waals surface area contributed by atoms with Crippen molar-refractivity contribution in [3.05, 3.63) is 124 Å². The number of hydrogen-bond acceptors (Lipinski definition) is 7. The third-order valence-corrected chi connectivity index (χ3v) is 8.41. The van der Waals surface area contributed by atoms with Crippen LogP contribution in [0.25, 0.3) is 22.1 Å². The van der Waals surface area contributed by atoms with E-state index in [2.05, 4.69) is 4.72 Å². The van der Waals surface area contributed by atoms with Gasteiger partial charge in [0.2, 0.25) is 10.0 Å². The first-order valence-electron chi connectivity index (χ1n) is 13.2. The average molecular weight is 584 g/mol. The number of methoxy groups -OCH3 is 1. The highest BCUT2D eigenvalue weighted by molar-refractivity contribution is 7.89. The Kier molecular flexibility index (Phi) is 8.24. The highest BCUT2D eigenvalue weighted by atomic mass is 32.2. The summed E-state index contributed by atoms with van der Waals surface area (Å²) in [5.41, 5.74) is 3.21. The van der Waals surface area contributed by atoms with Crippen molar-refractivity contribution >= 4 is 27.0 Å². The molecule has 1 heterocycles. The highest BCUT2D eigenvalue weighted by Gasteiger charge is 2.28. The van der Waals surface area contributed by atoms with E-state index in [1.54, 1.807) is 62.6 Å². The quantitative estimate of drug-likeness (QED) is 0.137. The lowest BCUT2D eigenvalue weighted by atomic mass is 10.00. The molecule has 0 spiro atoms. The molecule has 0 aliphatic carbocycles. The normalized spacial score (nSPS) is 12.2. The molecule has 42 heavy (non-hydrogen) atoms. The van der Waals surface area contributed by atoms with E-state index < -0.39 is 27.7 Å². The minimum absolute atomic E-state index is 0.0358. The summed E-state index contributed by atoms with van der Waals surface area (Å²) in [6, 6.07) is 26.2. The van der Waals surface area contributed by atoms with Gasteiger partial charge in [-0.3, -0.25) is 0 Å². The molecule has 5 aromatic rings. The lowest BCUT2D eigenvalue weighted by Crippen LogP contribution is -2.44. The molecule has 1 atom stereocenters. The van der Waals surface area contributed by atoms with Crippen LogP contribution >= 0.6 is 0 Å². The molecule has 0 saturated carbocycles. The Morgan fingerprint density at radius 3 is 2.26 bits per heavy atom. The van der Waals surface area contributed by atoms with E-state index in [-0.39, 0.29) is 22.6 Å². The van der Waals surface area contributed by atoms with Crippen LogP contribution in [0.3, 0.4) is 0 Å². The number of ether oxygens (including phenoxy) is 2. The summed E-state index contributed by atoms with van der Waals surface area (Å²) in [7, 11) is -2.47. The van der Waals surface area contributed by atoms with Crippen LogP contribution in [0.5, 0.6) is 11.5 Å². The van der Waals surface area contributed by atoms with Gasteiger partial charge in [-0.25, -0.2) is 18.0 Å². The van der Waals surface area contributed by atoms with Crippen molar-refractivity contribution in [3.63, 3.8) is 0 Å². The Bertz CT molecular complexity index is 1900. The predicted molar refractivity (Wildman–Crippen MR) is 160 cm³/mol. The maximum atomic E-state index is 13.5. The van der Waals surface area contributed by atoms with Gasteiger partial charge in [-0.1, -0.05) is 60.2 Å². The SMILES string of the molecule is COc1ccc(-c2cc(=O)oc3c(C)c(OC(=O)[C@H](Cc4ccccc4)NS(=O)(=O)c4ccc(C)cc4)ccc23)cc1. The maximum absolute atomic E-state index is 13.5. The Morgan fingerprint density at radius 2 is 1.60 bits per heavy atom. The monoisotopic (exact) mass is 583 g/mol. The maximum Gasteiger partial charge on any atom is 0.336 e. The summed E-state index contributed by atoms with van der Waals surface area (Å²) >= 11 is 0. The smallest absolute Gasteiger partial charge is 0.336 e. The fraction of sp³-hybridized carbons (Fsp3) is 0.152. The van der Waals surface area contributed by atoms with Gasteiger partial charge in [-0.2, -0.15) is 4.72 Å². The fourth-order valence-corrected chi connectivity index (χ4v) is 5.82. The van der Waals surface area contributed by atoms with Gasteiger partial charge in [-0.05, 0) is 73.4 Å². The number of carbonyl (C=O) groups is 1. The second-order valence-electron chi connectivity index (χ2n) is 9.87. The van der Waals surface area contributed by atoms with Gasteiger partial charge >= 0.3 is 11.6 Å². The summed E-state index contributed by atoms with van der Waals surface area (Å²) in [6.45, 7) is 3.53. The Balaban J connectivity index is 1.48. The van der Waals surface area contributed by atoms with E-state index in [0.717, 1.165) is 16.7 Å². The number of rotatable bonds is 9. The van der Waals surface area contributed by atoms with Crippen LogP contribution in [-0.2, 0) is 21.2 Å². The molecule has 1 aromatic heterocycles. The van der Waals surface area contributed by atoms with Gasteiger partial charge < -0.3 is 13.9 Å². The number of esters is 1. The molecule has 0 aliphatic heterocycles. The summed E-state index contributed by atoms with van der Waals surface area (Å²) in [5, 5.41) is 0.651. The molecule has 0 unspecified atom stereocenters. The first kappa shape index (κ1) is 28.8. The Morgan fingerprint density at radius 1 is 0.905 bits per heavy atom. The molecule has 0 fully saturated rings. The zero-order chi connectivity index (χ0) is 29.9. The summed E-state index contributed by atoms with van der Waals surface area (Å²) in [5.74, 6) is 0.0280. The number of benzene rings is 4. The van der Waals surface area contributed by atoms with E-state index in [1.165, 1.54) is 18.2 Å². The average Bonchev–Trinajstić information content (AvgIpc) is 2.99. The van der Waals surface area contributed by atoms with Crippen molar-refractivity contribution in [2.24, 2.45) is 0 Å². The molecular formula is C33H29NO7S. The molecule has 0 aliphatic rings. The number of fused-ring (bicyclic) bond motifs is 1. The van der Waals surface area contributed by atoms with E-state index in [4.69, 9.17) is 13.9 Å². The minimum atomic E-state index is -4.05. The van der Waals surface area contributed by atoms with E-state index >= 15 is 0 Å². The van der Waals surface area contributed by atoms with Crippen molar-refractivity contribution < 1.29 is 27.1 Å². The summed E-state index contributed by atoms with van der Waals surface area (Å²) in [4.78, 5) is 26.1. The number of nitrogens with one attached hydrogen (secondary N) is 1. The van der Waals surface area contributed by atoms with Crippen LogP contribution in [0.1, 0.15) is 16.7 Å². The fourth-order valence-electron chi connectivity index (χ4n) is 4.64. The van der Waals surface area contributed by atoms with Crippen LogP contribution in [0.4, 0.5) is 0 Å². The zero-order valence-electron chi connectivity index (χ0n) is 23.3. The lowest BCUT2D eigenvalue weighted by Gasteiger charge is -2.19. The third-order valence-electron chi connectivity index (χ3n) is 6.92. The molecule has 8 nitrogen and oxygen atoms in total. The molecule has 0 radical (unpaired) electrons. The standard InChI is InChI=1S/C33H29NO7S/c1-21-9-15-26(16-10-21)42(37,38)34-29(19-23-7-5-4-6-8-23)33(36)40-30-18-17-27-28(20-31(35)41-32(27)22(30)2)24-11-13-25(39-3)14-12-24/h4-18,20,29,34H,19H2,1-3H3/t29-/m0/s1. The topological polar surface area (TPSA) is 112 Å². The Hall–Kier alpha value is -4.73. The second-order valence-corrected chi connectivity index (χ2v) is 11.6. The molecule has 5 rings (SSSR count). The zero-order valence-corrected chi connectivity index (χ0v) is 24.1. The molecule has 214 valence electrons. The summed E-state index contributed by atoms with van der Waals surface area (Å²) in [6.07, 6.45) is 0.0636. The molecular weight excluding hydrogens is 554 g/mol.